The van der Waals surface area contributed by atoms with E-state index in [2.05, 4.69) is 26.0 Å². The molecule has 0 fully saturated rings. The van der Waals surface area contributed by atoms with Gasteiger partial charge in [-0.1, -0.05) is 50.6 Å². The molecule has 2 rings (SSSR count). The van der Waals surface area contributed by atoms with Gasteiger partial charge < -0.3 is 10.5 Å². The van der Waals surface area contributed by atoms with Crippen LogP contribution in [0.2, 0.25) is 0 Å². The number of rotatable bonds is 5. The summed E-state index contributed by atoms with van der Waals surface area (Å²) in [4.78, 5) is 0. The summed E-state index contributed by atoms with van der Waals surface area (Å²) in [6.07, 6.45) is 2.26. The van der Waals surface area contributed by atoms with E-state index in [1.54, 1.807) is 0 Å². The first kappa shape index (κ1) is 12.7. The van der Waals surface area contributed by atoms with E-state index in [4.69, 9.17) is 10.5 Å². The fourth-order valence-electron chi connectivity index (χ4n) is 1.98. The predicted molar refractivity (Wildman–Crippen MR) is 77.9 cm³/mol. The minimum absolute atomic E-state index is 0.701. The average molecular weight is 243 g/mol. The van der Waals surface area contributed by atoms with Crippen molar-refractivity contribution in [3.8, 4) is 5.75 Å². The molecule has 1 atom stereocenters. The molecule has 2 aromatic rings. The van der Waals surface area contributed by atoms with Gasteiger partial charge in [0.25, 0.3) is 0 Å². The van der Waals surface area contributed by atoms with Crippen molar-refractivity contribution < 1.29 is 4.74 Å². The quantitative estimate of drug-likeness (QED) is 0.797. The number of nitrogens with two attached hydrogens (primary N) is 1. The number of hydrogen-bond donors (Lipinski definition) is 1. The first-order valence-corrected chi connectivity index (χ1v) is 6.62. The van der Waals surface area contributed by atoms with Crippen LogP contribution in [-0.2, 0) is 0 Å². The van der Waals surface area contributed by atoms with Gasteiger partial charge in [0.15, 0.2) is 0 Å². The monoisotopic (exact) mass is 243 g/mol. The van der Waals surface area contributed by atoms with E-state index in [0.717, 1.165) is 35.2 Å². The van der Waals surface area contributed by atoms with E-state index < -0.39 is 0 Å². The molecule has 96 valence electrons. The molecular weight excluding hydrogens is 222 g/mol. The van der Waals surface area contributed by atoms with E-state index in [0.29, 0.717) is 5.92 Å². The van der Waals surface area contributed by atoms with Crippen LogP contribution in [0.4, 0.5) is 5.69 Å². The van der Waals surface area contributed by atoms with E-state index in [1.807, 2.05) is 24.3 Å². The lowest BCUT2D eigenvalue weighted by Gasteiger charge is -2.13. The minimum Gasteiger partial charge on any atom is -0.491 e. The van der Waals surface area contributed by atoms with Gasteiger partial charge in [0.1, 0.15) is 5.75 Å². The Morgan fingerprint density at radius 2 is 1.94 bits per heavy atom. The second-order valence-corrected chi connectivity index (χ2v) is 4.85. The SMILES string of the molecule is CCC(C)CCOc1ccc2ccccc2c1N. The van der Waals surface area contributed by atoms with Crippen LogP contribution in [0.15, 0.2) is 36.4 Å². The lowest BCUT2D eigenvalue weighted by atomic mass is 10.1. The lowest BCUT2D eigenvalue weighted by Crippen LogP contribution is -2.05. The third-order valence-corrected chi connectivity index (χ3v) is 3.50. The van der Waals surface area contributed by atoms with E-state index in [1.165, 1.54) is 6.42 Å². The van der Waals surface area contributed by atoms with Gasteiger partial charge in [-0.3, -0.25) is 0 Å². The standard InChI is InChI=1S/C16H21NO/c1-3-12(2)10-11-18-15-9-8-13-6-4-5-7-14(13)16(15)17/h4-9,12H,3,10-11,17H2,1-2H3. The predicted octanol–water partition coefficient (Wildman–Crippen LogP) is 4.24. The topological polar surface area (TPSA) is 35.2 Å². The van der Waals surface area contributed by atoms with Crippen molar-refractivity contribution in [2.75, 3.05) is 12.3 Å². The number of benzene rings is 2. The Hall–Kier alpha value is -1.70. The third kappa shape index (κ3) is 2.76. The van der Waals surface area contributed by atoms with Crippen LogP contribution in [0.25, 0.3) is 10.8 Å². The molecule has 18 heavy (non-hydrogen) atoms. The van der Waals surface area contributed by atoms with Crippen molar-refractivity contribution >= 4 is 16.5 Å². The molecule has 0 aliphatic carbocycles. The van der Waals surface area contributed by atoms with Crippen LogP contribution in [0, 0.1) is 5.92 Å². The highest BCUT2D eigenvalue weighted by molar-refractivity contribution is 5.95. The molecule has 0 amide bonds. The van der Waals surface area contributed by atoms with Crippen LogP contribution in [0.1, 0.15) is 26.7 Å². The van der Waals surface area contributed by atoms with Gasteiger partial charge in [-0.05, 0) is 23.8 Å². The molecule has 0 saturated heterocycles. The van der Waals surface area contributed by atoms with E-state index >= 15 is 0 Å². The average Bonchev–Trinajstić information content (AvgIpc) is 2.41. The van der Waals surface area contributed by atoms with Gasteiger partial charge in [-0.15, -0.1) is 0 Å². The summed E-state index contributed by atoms with van der Waals surface area (Å²) in [7, 11) is 0. The van der Waals surface area contributed by atoms with Crippen LogP contribution >= 0.6 is 0 Å². The van der Waals surface area contributed by atoms with Crippen molar-refractivity contribution in [2.45, 2.75) is 26.7 Å². The van der Waals surface area contributed by atoms with Crippen molar-refractivity contribution in [1.82, 2.24) is 0 Å². The summed E-state index contributed by atoms with van der Waals surface area (Å²) < 4.78 is 5.79. The Bertz CT molecular complexity index is 521. The maximum Gasteiger partial charge on any atom is 0.142 e. The Morgan fingerprint density at radius 3 is 2.72 bits per heavy atom. The van der Waals surface area contributed by atoms with E-state index in [9.17, 15) is 0 Å². The van der Waals surface area contributed by atoms with Crippen LogP contribution < -0.4 is 10.5 Å². The number of hydrogen-bond acceptors (Lipinski definition) is 2. The molecule has 0 aliphatic heterocycles. The zero-order valence-corrected chi connectivity index (χ0v) is 11.1. The molecule has 0 aliphatic rings. The fraction of sp³-hybridized carbons (Fsp3) is 0.375. The molecule has 0 radical (unpaired) electrons. The summed E-state index contributed by atoms with van der Waals surface area (Å²) in [6.45, 7) is 5.18. The zero-order valence-electron chi connectivity index (χ0n) is 11.1. The summed E-state index contributed by atoms with van der Waals surface area (Å²) in [5.74, 6) is 1.50. The molecule has 0 heterocycles. The molecule has 0 aromatic heterocycles. The Morgan fingerprint density at radius 1 is 1.17 bits per heavy atom. The molecule has 0 saturated carbocycles. The maximum atomic E-state index is 6.14. The van der Waals surface area contributed by atoms with Gasteiger partial charge in [-0.25, -0.2) is 0 Å². The smallest absolute Gasteiger partial charge is 0.142 e. The molecule has 0 spiro atoms. The Labute approximate surface area is 109 Å². The van der Waals surface area contributed by atoms with Crippen LogP contribution in [-0.4, -0.2) is 6.61 Å². The van der Waals surface area contributed by atoms with Crippen LogP contribution in [0.3, 0.4) is 0 Å². The summed E-state index contributed by atoms with van der Waals surface area (Å²) in [5, 5.41) is 2.22. The lowest BCUT2D eigenvalue weighted by molar-refractivity contribution is 0.283. The highest BCUT2D eigenvalue weighted by atomic mass is 16.5. The second-order valence-electron chi connectivity index (χ2n) is 4.85. The number of fused-ring (bicyclic) bond motifs is 1. The Kier molecular flexibility index (Phi) is 4.08. The van der Waals surface area contributed by atoms with Crippen molar-refractivity contribution in [1.29, 1.82) is 0 Å². The molecule has 0 bridgehead atoms. The zero-order chi connectivity index (χ0) is 13.0. The molecule has 2 nitrogen and oxygen atoms in total. The first-order chi connectivity index (χ1) is 8.72. The summed E-state index contributed by atoms with van der Waals surface area (Å²) in [5.41, 5.74) is 6.89. The fourth-order valence-corrected chi connectivity index (χ4v) is 1.98. The van der Waals surface area contributed by atoms with E-state index in [-0.39, 0.29) is 0 Å². The van der Waals surface area contributed by atoms with Gasteiger partial charge in [0, 0.05) is 5.39 Å². The highest BCUT2D eigenvalue weighted by Gasteiger charge is 2.06. The van der Waals surface area contributed by atoms with Crippen molar-refractivity contribution in [3.05, 3.63) is 36.4 Å². The second kappa shape index (κ2) is 5.76. The van der Waals surface area contributed by atoms with Crippen molar-refractivity contribution in [3.63, 3.8) is 0 Å². The number of anilines is 1. The largest absolute Gasteiger partial charge is 0.491 e. The van der Waals surface area contributed by atoms with Gasteiger partial charge in [-0.2, -0.15) is 0 Å². The summed E-state index contributed by atoms with van der Waals surface area (Å²) >= 11 is 0. The van der Waals surface area contributed by atoms with Gasteiger partial charge in [0.05, 0.1) is 12.3 Å². The molecule has 1 unspecified atom stereocenters. The molecule has 2 N–H and O–H groups in total. The van der Waals surface area contributed by atoms with Crippen molar-refractivity contribution in [2.24, 2.45) is 5.92 Å². The van der Waals surface area contributed by atoms with Gasteiger partial charge in [0.2, 0.25) is 0 Å². The normalized spacial score (nSPS) is 12.6. The summed E-state index contributed by atoms with van der Waals surface area (Å²) in [6, 6.07) is 12.1. The number of ether oxygens (including phenoxy) is 1. The Balaban J connectivity index is 2.12. The number of nitrogen functional groups attached to an aromatic ring is 1. The molecule has 2 heteroatoms. The maximum absolute atomic E-state index is 6.14. The van der Waals surface area contributed by atoms with Gasteiger partial charge >= 0.3 is 0 Å². The highest BCUT2D eigenvalue weighted by Crippen LogP contribution is 2.30. The minimum atomic E-state index is 0.701. The van der Waals surface area contributed by atoms with Crippen LogP contribution in [0.5, 0.6) is 5.75 Å². The molecule has 2 aromatic carbocycles. The third-order valence-electron chi connectivity index (χ3n) is 3.50. The molecular formula is C16H21NO. The first-order valence-electron chi connectivity index (χ1n) is 6.62.